The number of nitrogens with one attached hydrogen (secondary N) is 1. The van der Waals surface area contributed by atoms with Crippen LogP contribution in [0.15, 0.2) is 66.4 Å². The van der Waals surface area contributed by atoms with Gasteiger partial charge in [0.2, 0.25) is 41.4 Å². The minimum absolute atomic E-state index is 0. The number of ether oxygens (including phenoxy) is 1. The summed E-state index contributed by atoms with van der Waals surface area (Å²) in [4.78, 5) is 125. The Morgan fingerprint density at radius 3 is 1.93 bits per heavy atom. The monoisotopic (exact) mass is 1340 g/mol. The molecule has 28 heteroatoms. The van der Waals surface area contributed by atoms with E-state index in [9.17, 15) is 53.2 Å². The normalized spacial score (nSPS) is 34.6. The van der Waals surface area contributed by atoms with Crippen LogP contribution in [0, 0.1) is 66.6 Å². The number of carbonyl (C=O) groups is 7. The fourth-order valence-electron chi connectivity index (χ4n) is 15.7. The third-order valence-electron chi connectivity index (χ3n) is 20.8. The minimum Gasteiger partial charge on any atom is -0.680 e. The van der Waals surface area contributed by atoms with Gasteiger partial charge >= 0.3 is 24.6 Å². The molecule has 2 fully saturated rings. The number of rotatable bonds is 26. The van der Waals surface area contributed by atoms with Crippen molar-refractivity contribution in [1.29, 1.82) is 0 Å². The van der Waals surface area contributed by atoms with Crippen molar-refractivity contribution in [2.24, 2.45) is 99.7 Å². The number of carbonyl (C=O) groups excluding carboxylic acids is 7. The minimum atomic E-state index is -5.05. The zero-order valence-electron chi connectivity index (χ0n) is 54.7. The first-order valence-electron chi connectivity index (χ1n) is 30.7. The van der Waals surface area contributed by atoms with Crippen molar-refractivity contribution >= 4 is 78.2 Å². The number of hydrogen-bond donors (Lipinski definition) is 10. The number of phosphoric acid groups is 1. The Labute approximate surface area is 548 Å². The molecule has 0 aromatic heterocycles. The molecule has 8 rings (SSSR count). The number of aliphatic hydroxyl groups excluding tert-OH is 2. The number of aryl methyl sites for hydroxylation is 2. The van der Waals surface area contributed by atoms with Crippen LogP contribution < -0.4 is 39.7 Å². The zero-order valence-corrected chi connectivity index (χ0v) is 56.6. The average molecular weight is 1340 g/mol. The molecule has 16 atom stereocenters. The Kier molecular flexibility index (Phi) is 22.7. The van der Waals surface area contributed by atoms with Crippen molar-refractivity contribution in [3.63, 3.8) is 0 Å². The summed E-state index contributed by atoms with van der Waals surface area (Å²) in [6, 6.07) is 2.80. The van der Waals surface area contributed by atoms with Gasteiger partial charge in [0.05, 0.1) is 30.4 Å². The molecule has 1 aromatic rings. The van der Waals surface area contributed by atoms with Crippen LogP contribution in [0.25, 0.3) is 5.32 Å². The Morgan fingerprint density at radius 1 is 0.772 bits per heavy atom. The van der Waals surface area contributed by atoms with E-state index in [1.54, 1.807) is 13.1 Å². The number of nitrogens with two attached hydrogens (primary N) is 6. The maximum atomic E-state index is 14.4. The van der Waals surface area contributed by atoms with E-state index in [0.717, 1.165) is 16.7 Å². The SMILES string of the molecule is C/C1=C2N=C(/C=C3N=C(/C(C)=C4\[N-]C(C)(C5N=C1C(C)(CCC(=O)NCC(C)OP(=O)(O)OC1C(CO)OC(C6C=Nc7cc(C)c(C)cc76)C1O)C5CC(N)=O)C(C)(CC(N)=O)C4CCC(N)=O)C(C)(CC(N)=O)C\3CCC(N)=O)C(C)(C)C/2CCC(N)=O.[CH3-].[Co+2]. The maximum absolute atomic E-state index is 14.4. The Balaban J connectivity index is 0.00000672. The number of allylic oxidation sites excluding steroid dienone is 6. The molecule has 7 amide bonds. The van der Waals surface area contributed by atoms with Gasteiger partial charge in [-0.3, -0.25) is 62.6 Å². The Morgan fingerprint density at radius 2 is 1.36 bits per heavy atom. The van der Waals surface area contributed by atoms with Crippen LogP contribution in [0.1, 0.15) is 156 Å². The van der Waals surface area contributed by atoms with E-state index in [4.69, 9.17) is 68.5 Å². The summed E-state index contributed by atoms with van der Waals surface area (Å²) < 4.78 is 30.8. The third-order valence-corrected chi connectivity index (χ3v) is 22.0. The predicted molar refractivity (Wildman–Crippen MR) is 343 cm³/mol. The van der Waals surface area contributed by atoms with Crippen molar-refractivity contribution in [3.8, 4) is 0 Å². The molecule has 2 saturated heterocycles. The second-order valence-electron chi connectivity index (χ2n) is 27.3. The number of benzene rings is 1. The van der Waals surface area contributed by atoms with Crippen molar-refractivity contribution < 1.29 is 83.8 Å². The summed E-state index contributed by atoms with van der Waals surface area (Å²) in [6.07, 6.45) is -3.95. The molecule has 7 aliphatic heterocycles. The molecular formula is C64H93CoN12O14P. The first kappa shape index (κ1) is 74.7. The molecule has 92 heavy (non-hydrogen) atoms. The fraction of sp³-hybridized carbons (Fsp3) is 0.625. The number of aliphatic imine (C=N–C) groups is 4. The topological polar surface area (TPSA) is 457 Å². The molecule has 1 aromatic carbocycles. The van der Waals surface area contributed by atoms with Gasteiger partial charge < -0.3 is 72.3 Å². The summed E-state index contributed by atoms with van der Waals surface area (Å²) in [5.41, 5.74) is 37.1. The quantitative estimate of drug-likeness (QED) is 0.0444. The number of fused-ring (bicyclic) bond motifs is 7. The van der Waals surface area contributed by atoms with E-state index in [-0.39, 0.29) is 101 Å². The van der Waals surface area contributed by atoms with E-state index < -0.39 is 149 Å². The summed E-state index contributed by atoms with van der Waals surface area (Å²) in [5, 5.41) is 30.3. The summed E-state index contributed by atoms with van der Waals surface area (Å²) >= 11 is 0. The van der Waals surface area contributed by atoms with Crippen molar-refractivity contribution in [2.45, 2.75) is 195 Å². The predicted octanol–water partition coefficient (Wildman–Crippen LogP) is 4.71. The number of aliphatic hydroxyl groups is 2. The van der Waals surface area contributed by atoms with Gasteiger partial charge in [-0.25, -0.2) is 4.57 Å². The van der Waals surface area contributed by atoms with Gasteiger partial charge in [0.1, 0.15) is 18.3 Å². The number of hydrogen-bond acceptors (Lipinski definition) is 17. The van der Waals surface area contributed by atoms with Crippen LogP contribution in [0.4, 0.5) is 5.69 Å². The summed E-state index contributed by atoms with van der Waals surface area (Å²) in [7, 11) is -5.05. The van der Waals surface area contributed by atoms with Crippen LogP contribution in [-0.2, 0) is 68.7 Å². The van der Waals surface area contributed by atoms with E-state index in [1.165, 1.54) is 6.92 Å². The zero-order chi connectivity index (χ0) is 66.7. The molecule has 16 N–H and O–H groups in total. The van der Waals surface area contributed by atoms with Crippen molar-refractivity contribution in [3.05, 3.63) is 75.9 Å². The molecule has 0 saturated carbocycles. The molecule has 26 nitrogen and oxygen atoms in total. The number of primary amides is 6. The van der Waals surface area contributed by atoms with Gasteiger partial charge in [-0.15, -0.1) is 0 Å². The van der Waals surface area contributed by atoms with Gasteiger partial charge in [-0.05, 0) is 118 Å². The van der Waals surface area contributed by atoms with Crippen LogP contribution in [-0.4, -0.2) is 135 Å². The molecular weight excluding hydrogens is 1250 g/mol. The smallest absolute Gasteiger partial charge is 0.680 e. The molecule has 507 valence electrons. The van der Waals surface area contributed by atoms with Gasteiger partial charge in [0, 0.05) is 120 Å². The van der Waals surface area contributed by atoms with Gasteiger partial charge in [0.15, 0.2) is 0 Å². The standard InChI is InChI=1S/C63H91N12O14P.CH3.Co/c1-29-20-34-35(27-70-40(34)21-30(29)2)54-53(84)55(42(28-76)87-54)89-90(85,86)88-31(3)26-71-50(83)18-19-60(8)39(22-47(67)80)58-63(11)62(10,25-49(69)82)38(14-17-46(66)79)52(75-63)33(5)57-61(9,24-48(68)81)36(12-15-44(64)77)41(72-57)23-43-59(6,7)37(13-16-45(65)78)51(73-43)32(4)56(60)74-58;;/h20-21,23,27,31,35-39,42,53-55,58,76,84H,12-19,22,24-26,28H2,1-11H3,(H15,64,65,66,67,68,69,71,72,73,74,75,77,78,79,80,81,82,83,85,86);1H3;/q;-1;+2/p-1. The van der Waals surface area contributed by atoms with E-state index in [0.29, 0.717) is 51.1 Å². The molecule has 0 spiro atoms. The number of amides is 7. The van der Waals surface area contributed by atoms with E-state index in [1.807, 2.05) is 80.5 Å². The van der Waals surface area contributed by atoms with Crippen LogP contribution >= 0.6 is 7.82 Å². The van der Waals surface area contributed by atoms with Gasteiger partial charge in [0.25, 0.3) is 0 Å². The second kappa shape index (κ2) is 28.0. The van der Waals surface area contributed by atoms with Gasteiger partial charge in [-0.1, -0.05) is 53.1 Å². The molecule has 0 aliphatic carbocycles. The Bertz CT molecular complexity index is 3440. The number of nitrogens with zero attached hydrogens (tertiary/aromatic N) is 5. The van der Waals surface area contributed by atoms with E-state index in [2.05, 4.69) is 10.3 Å². The molecule has 7 heterocycles. The summed E-state index contributed by atoms with van der Waals surface area (Å²) in [5.74, 6) is -7.87. The number of phosphoric ester groups is 1. The Hall–Kier alpha value is -6.29. The van der Waals surface area contributed by atoms with Crippen LogP contribution in [0.2, 0.25) is 0 Å². The maximum Gasteiger partial charge on any atom is 2.00 e. The van der Waals surface area contributed by atoms with Crippen molar-refractivity contribution in [2.75, 3.05) is 13.2 Å². The van der Waals surface area contributed by atoms with E-state index >= 15 is 0 Å². The molecule has 1 radical (unpaired) electrons. The average Bonchev–Trinajstić information content (AvgIpc) is 1.53. The fourth-order valence-corrected chi connectivity index (χ4v) is 16.8. The first-order chi connectivity index (χ1) is 41.8. The molecule has 16 unspecified atom stereocenters. The van der Waals surface area contributed by atoms with Crippen molar-refractivity contribution in [1.82, 2.24) is 5.32 Å². The third kappa shape index (κ3) is 14.2. The second-order valence-corrected chi connectivity index (χ2v) is 28.7. The molecule has 8 bridgehead atoms. The van der Waals surface area contributed by atoms with Crippen LogP contribution in [0.3, 0.4) is 0 Å². The van der Waals surface area contributed by atoms with Crippen LogP contribution in [0.5, 0.6) is 0 Å². The summed E-state index contributed by atoms with van der Waals surface area (Å²) in [6.45, 7) is 19.2. The van der Waals surface area contributed by atoms with Gasteiger partial charge in [-0.2, -0.15) is 5.70 Å². The largest absolute Gasteiger partial charge is 2.00 e. The molecule has 7 aliphatic rings. The first-order valence-corrected chi connectivity index (χ1v) is 32.2.